The van der Waals surface area contributed by atoms with Crippen molar-refractivity contribution in [3.8, 4) is 0 Å². The van der Waals surface area contributed by atoms with E-state index in [-0.39, 0.29) is 17.3 Å². The third kappa shape index (κ3) is 4.41. The zero-order valence-electron chi connectivity index (χ0n) is 14.3. The van der Waals surface area contributed by atoms with Crippen LogP contribution >= 0.6 is 11.8 Å². The van der Waals surface area contributed by atoms with Gasteiger partial charge in [0.05, 0.1) is 5.52 Å². The van der Waals surface area contributed by atoms with Gasteiger partial charge in [-0.3, -0.25) is 4.98 Å². The van der Waals surface area contributed by atoms with Crippen molar-refractivity contribution in [2.24, 2.45) is 0 Å². The number of fused-ring (bicyclic) bond motifs is 1. The molecule has 3 aromatic rings. The van der Waals surface area contributed by atoms with Crippen LogP contribution < -0.4 is 4.72 Å². The lowest BCUT2D eigenvalue weighted by atomic mass is 10.2. The van der Waals surface area contributed by atoms with Crippen LogP contribution in [0, 0.1) is 12.7 Å². The highest BCUT2D eigenvalue weighted by atomic mass is 32.2. The van der Waals surface area contributed by atoms with E-state index in [2.05, 4.69) is 9.71 Å². The van der Waals surface area contributed by atoms with E-state index < -0.39 is 10.0 Å². The molecular weight excluding hydrogens is 371 g/mol. The molecule has 26 heavy (non-hydrogen) atoms. The maximum absolute atomic E-state index is 13.6. The van der Waals surface area contributed by atoms with Crippen LogP contribution in [-0.4, -0.2) is 25.7 Å². The Labute approximate surface area is 156 Å². The van der Waals surface area contributed by atoms with Crippen LogP contribution in [0.15, 0.2) is 59.6 Å². The third-order valence-electron chi connectivity index (χ3n) is 3.85. The van der Waals surface area contributed by atoms with Gasteiger partial charge in [0, 0.05) is 29.6 Å². The molecule has 136 valence electrons. The molecule has 0 aliphatic carbocycles. The molecule has 4 nitrogen and oxygen atoms in total. The van der Waals surface area contributed by atoms with Gasteiger partial charge in [-0.05, 0) is 36.2 Å². The van der Waals surface area contributed by atoms with E-state index in [4.69, 9.17) is 0 Å². The summed E-state index contributed by atoms with van der Waals surface area (Å²) in [6, 6.07) is 13.6. The number of hydrogen-bond donors (Lipinski definition) is 1. The molecule has 0 aliphatic heterocycles. The summed E-state index contributed by atoms with van der Waals surface area (Å²) < 4.78 is 41.4. The number of thioether (sulfide) groups is 1. The lowest BCUT2D eigenvalue weighted by molar-refractivity contribution is 0.585. The predicted molar refractivity (Wildman–Crippen MR) is 104 cm³/mol. The van der Waals surface area contributed by atoms with Crippen molar-refractivity contribution < 1.29 is 12.8 Å². The van der Waals surface area contributed by atoms with Gasteiger partial charge in [-0.15, -0.1) is 0 Å². The Morgan fingerprint density at radius 3 is 2.77 bits per heavy atom. The van der Waals surface area contributed by atoms with Gasteiger partial charge >= 0.3 is 0 Å². The molecule has 7 heteroatoms. The van der Waals surface area contributed by atoms with E-state index in [0.717, 1.165) is 10.9 Å². The quantitative estimate of drug-likeness (QED) is 0.622. The lowest BCUT2D eigenvalue weighted by Gasteiger charge is -2.09. The Morgan fingerprint density at radius 1 is 1.15 bits per heavy atom. The Balaban J connectivity index is 1.62. The van der Waals surface area contributed by atoms with Gasteiger partial charge in [0.1, 0.15) is 10.7 Å². The molecule has 1 heterocycles. The topological polar surface area (TPSA) is 59.1 Å². The molecule has 0 saturated carbocycles. The van der Waals surface area contributed by atoms with Crippen molar-refractivity contribution >= 4 is 32.7 Å². The first-order chi connectivity index (χ1) is 12.5. The van der Waals surface area contributed by atoms with Crippen LogP contribution in [0.1, 0.15) is 11.1 Å². The minimum atomic E-state index is -3.65. The van der Waals surface area contributed by atoms with Crippen molar-refractivity contribution in [1.82, 2.24) is 9.71 Å². The van der Waals surface area contributed by atoms with Crippen LogP contribution in [0.4, 0.5) is 4.39 Å². The average molecular weight is 391 g/mol. The van der Waals surface area contributed by atoms with Crippen molar-refractivity contribution in [2.75, 3.05) is 12.3 Å². The molecule has 0 spiro atoms. The van der Waals surface area contributed by atoms with Gasteiger partial charge in [0.25, 0.3) is 0 Å². The lowest BCUT2D eigenvalue weighted by Crippen LogP contribution is -2.26. The maximum Gasteiger partial charge on any atom is 0.242 e. The Bertz CT molecular complexity index is 1020. The number of nitrogens with one attached hydrogen (secondary N) is 1. The summed E-state index contributed by atoms with van der Waals surface area (Å²) >= 11 is 1.48. The fourth-order valence-electron chi connectivity index (χ4n) is 2.58. The van der Waals surface area contributed by atoms with Gasteiger partial charge < -0.3 is 0 Å². The van der Waals surface area contributed by atoms with Crippen molar-refractivity contribution in [1.29, 1.82) is 0 Å². The third-order valence-corrected chi connectivity index (χ3v) is 6.35. The van der Waals surface area contributed by atoms with Gasteiger partial charge in [-0.25, -0.2) is 17.5 Å². The maximum atomic E-state index is 13.6. The molecule has 1 aromatic heterocycles. The van der Waals surface area contributed by atoms with Crippen molar-refractivity contribution in [3.05, 3.63) is 71.7 Å². The van der Waals surface area contributed by atoms with Gasteiger partial charge in [-0.2, -0.15) is 11.8 Å². The number of sulfonamides is 1. The number of aromatic nitrogens is 1. The highest BCUT2D eigenvalue weighted by Gasteiger charge is 2.17. The van der Waals surface area contributed by atoms with Crippen LogP contribution in [0.25, 0.3) is 10.9 Å². The van der Waals surface area contributed by atoms with E-state index in [1.165, 1.54) is 17.8 Å². The first kappa shape index (κ1) is 18.8. The second-order valence-electron chi connectivity index (χ2n) is 5.88. The van der Waals surface area contributed by atoms with E-state index in [1.54, 1.807) is 36.5 Å². The molecule has 1 N–H and O–H groups in total. The van der Waals surface area contributed by atoms with E-state index in [0.29, 0.717) is 22.6 Å². The summed E-state index contributed by atoms with van der Waals surface area (Å²) in [7, 11) is -3.65. The first-order valence-electron chi connectivity index (χ1n) is 8.13. The largest absolute Gasteiger partial charge is 0.255 e. The molecule has 0 atom stereocenters. The van der Waals surface area contributed by atoms with Crippen LogP contribution in [-0.2, 0) is 15.8 Å². The van der Waals surface area contributed by atoms with Crippen LogP contribution in [0.2, 0.25) is 0 Å². The number of hydrogen-bond acceptors (Lipinski definition) is 4. The highest BCUT2D eigenvalue weighted by molar-refractivity contribution is 7.98. The molecule has 3 rings (SSSR count). The Kier molecular flexibility index (Phi) is 5.90. The summed E-state index contributed by atoms with van der Waals surface area (Å²) in [4.78, 5) is 4.45. The number of halogens is 1. The molecule has 2 aromatic carbocycles. The number of aryl methyl sites for hydroxylation is 1. The molecule has 0 unspecified atom stereocenters. The normalized spacial score (nSPS) is 11.8. The number of nitrogens with zero attached hydrogens (tertiary/aromatic N) is 1. The number of pyridine rings is 1. The van der Waals surface area contributed by atoms with Crippen LogP contribution in [0.5, 0.6) is 0 Å². The summed E-state index contributed by atoms with van der Waals surface area (Å²) in [5.41, 5.74) is 2.06. The van der Waals surface area contributed by atoms with Gasteiger partial charge in [-0.1, -0.05) is 30.3 Å². The molecule has 0 radical (unpaired) electrons. The molecule has 0 saturated heterocycles. The minimum absolute atomic E-state index is 0.175. The molecule has 0 aliphatic rings. The fraction of sp³-hybridized carbons (Fsp3) is 0.211. The van der Waals surface area contributed by atoms with E-state index >= 15 is 0 Å². The zero-order chi connectivity index (χ0) is 18.6. The molecule has 0 amide bonds. The number of benzene rings is 2. The Morgan fingerprint density at radius 2 is 1.96 bits per heavy atom. The first-order valence-corrected chi connectivity index (χ1v) is 10.8. The van der Waals surface area contributed by atoms with Crippen molar-refractivity contribution in [3.63, 3.8) is 0 Å². The summed E-state index contributed by atoms with van der Waals surface area (Å²) in [6.45, 7) is 2.18. The summed E-state index contributed by atoms with van der Waals surface area (Å²) in [5.74, 6) is 0.812. The molecular formula is C19H19FN2O2S2. The van der Waals surface area contributed by atoms with E-state index in [9.17, 15) is 12.8 Å². The van der Waals surface area contributed by atoms with Gasteiger partial charge in [0.15, 0.2) is 0 Å². The molecule has 0 fully saturated rings. The van der Waals surface area contributed by atoms with Crippen LogP contribution in [0.3, 0.4) is 0 Å². The zero-order valence-corrected chi connectivity index (χ0v) is 15.9. The number of para-hydroxylation sites is 1. The predicted octanol–water partition coefficient (Wildman–Crippen LogP) is 3.89. The average Bonchev–Trinajstić information content (AvgIpc) is 2.62. The highest BCUT2D eigenvalue weighted by Crippen LogP contribution is 2.22. The standard InChI is InChI=1S/C19H19FN2O2S2/c1-14-11-15-6-4-8-18(19(15)21-12-14)26(23,24)22-9-10-25-13-16-5-2-3-7-17(16)20/h2-8,11-12,22H,9-10,13H2,1H3. The summed E-state index contributed by atoms with van der Waals surface area (Å²) in [6.07, 6.45) is 1.66. The minimum Gasteiger partial charge on any atom is -0.255 e. The second-order valence-corrected chi connectivity index (χ2v) is 8.72. The SMILES string of the molecule is Cc1cnc2c(S(=O)(=O)NCCSCc3ccccc3F)cccc2c1. The monoisotopic (exact) mass is 390 g/mol. The molecule has 0 bridgehead atoms. The summed E-state index contributed by atoms with van der Waals surface area (Å²) in [5, 5.41) is 0.793. The van der Waals surface area contributed by atoms with Gasteiger partial charge in [0.2, 0.25) is 10.0 Å². The second kappa shape index (κ2) is 8.16. The van der Waals surface area contributed by atoms with E-state index in [1.807, 2.05) is 19.1 Å². The van der Waals surface area contributed by atoms with Crippen molar-refractivity contribution in [2.45, 2.75) is 17.6 Å². The number of rotatable bonds is 7. The smallest absolute Gasteiger partial charge is 0.242 e. The fourth-order valence-corrected chi connectivity index (χ4v) is 4.77. The Hall–Kier alpha value is -1.96.